The van der Waals surface area contributed by atoms with E-state index in [4.69, 9.17) is 9.47 Å². The van der Waals surface area contributed by atoms with Crippen LogP contribution in [0.2, 0.25) is 0 Å². The fraction of sp³-hybridized carbons (Fsp3) is 0.167. The maximum Gasteiger partial charge on any atom is 0.313 e. The number of benzene rings is 3. The van der Waals surface area contributed by atoms with Crippen LogP contribution in [0.4, 0.5) is 5.69 Å². The molecule has 3 aromatic carbocycles. The fourth-order valence-electron chi connectivity index (χ4n) is 4.00. The molecule has 0 bridgehead atoms. The predicted octanol–water partition coefficient (Wildman–Crippen LogP) is 3.98. The summed E-state index contributed by atoms with van der Waals surface area (Å²) in [4.78, 5) is 27.6. The molecule has 2 unspecified atom stereocenters. The second-order valence-electron chi connectivity index (χ2n) is 7.18. The number of phenolic OH excluding ortho intramolecular Hbond substituents is 1. The number of carbonyl (C=O) groups excluding carboxylic acids is 1. The Hall–Kier alpha value is -4.00. The molecule has 0 radical (unpaired) electrons. The summed E-state index contributed by atoms with van der Waals surface area (Å²) in [5.41, 5.74) is 1.82. The molecule has 0 spiro atoms. The van der Waals surface area contributed by atoms with Crippen molar-refractivity contribution in [1.82, 2.24) is 0 Å². The molecule has 7 nitrogen and oxygen atoms in total. The molecular weight excluding hydrogens is 398 g/mol. The molecule has 4 rings (SSSR count). The molecule has 1 heterocycles. The number of aliphatic carboxylic acids is 1. The third kappa shape index (κ3) is 3.54. The van der Waals surface area contributed by atoms with Crippen molar-refractivity contribution in [3.8, 4) is 17.2 Å². The van der Waals surface area contributed by atoms with Gasteiger partial charge in [0.1, 0.15) is 23.2 Å². The zero-order valence-corrected chi connectivity index (χ0v) is 17.0. The van der Waals surface area contributed by atoms with E-state index in [-0.39, 0.29) is 17.2 Å². The minimum absolute atomic E-state index is 0.0473. The number of nitrogens with zero attached hydrogens (tertiary/aromatic N) is 1. The summed E-state index contributed by atoms with van der Waals surface area (Å²) in [5.74, 6) is -1.28. The van der Waals surface area contributed by atoms with Crippen molar-refractivity contribution in [2.24, 2.45) is 0 Å². The molecule has 0 saturated carbocycles. The number of carbonyl (C=O) groups is 2. The number of carboxylic acid groups (broad SMARTS) is 1. The molecule has 0 fully saturated rings. The Morgan fingerprint density at radius 1 is 0.903 bits per heavy atom. The lowest BCUT2D eigenvalue weighted by atomic mass is 9.79. The predicted molar refractivity (Wildman–Crippen MR) is 114 cm³/mol. The Bertz CT molecular complexity index is 1120. The highest BCUT2D eigenvalue weighted by atomic mass is 16.5. The first-order valence-corrected chi connectivity index (χ1v) is 9.62. The lowest BCUT2D eigenvalue weighted by Gasteiger charge is -2.41. The molecule has 0 saturated heterocycles. The van der Waals surface area contributed by atoms with Gasteiger partial charge in [0.15, 0.2) is 0 Å². The van der Waals surface area contributed by atoms with Gasteiger partial charge in [-0.2, -0.15) is 0 Å². The lowest BCUT2D eigenvalue weighted by molar-refractivity contribution is -0.139. The normalized spacial score (nSPS) is 17.7. The number of hydrogen-bond donors (Lipinski definition) is 2. The summed E-state index contributed by atoms with van der Waals surface area (Å²) in [6.07, 6.45) is 0. The van der Waals surface area contributed by atoms with Gasteiger partial charge >= 0.3 is 5.97 Å². The molecule has 31 heavy (non-hydrogen) atoms. The number of amides is 1. The standard InChI is InChI=1S/C24H21NO6/c1-30-17-9-3-14(4-10-17)22-21(24(28)29)19-12-11-18(31-2)13-20(19)23(27)25(22)15-5-7-16(26)8-6-15/h3-13,21-22,26H,1-2H3,(H,28,29). The third-order valence-corrected chi connectivity index (χ3v) is 5.49. The fourth-order valence-corrected chi connectivity index (χ4v) is 4.00. The Kier molecular flexibility index (Phi) is 5.25. The maximum atomic E-state index is 13.6. The summed E-state index contributed by atoms with van der Waals surface area (Å²) in [7, 11) is 3.03. The first-order chi connectivity index (χ1) is 14.9. The highest BCUT2D eigenvalue weighted by Crippen LogP contribution is 2.46. The number of carboxylic acids is 1. The van der Waals surface area contributed by atoms with Gasteiger partial charge in [-0.1, -0.05) is 18.2 Å². The van der Waals surface area contributed by atoms with Crippen LogP contribution in [0, 0.1) is 0 Å². The van der Waals surface area contributed by atoms with E-state index in [1.807, 2.05) is 0 Å². The van der Waals surface area contributed by atoms with E-state index < -0.39 is 17.9 Å². The topological polar surface area (TPSA) is 96.3 Å². The Labute approximate surface area is 179 Å². The molecule has 1 amide bonds. The van der Waals surface area contributed by atoms with Gasteiger partial charge in [-0.3, -0.25) is 14.5 Å². The van der Waals surface area contributed by atoms with Gasteiger partial charge in [0.2, 0.25) is 0 Å². The van der Waals surface area contributed by atoms with E-state index >= 15 is 0 Å². The van der Waals surface area contributed by atoms with Crippen LogP contribution in [0.1, 0.15) is 33.4 Å². The maximum absolute atomic E-state index is 13.6. The van der Waals surface area contributed by atoms with Gasteiger partial charge in [0.05, 0.1) is 20.3 Å². The van der Waals surface area contributed by atoms with Crippen LogP contribution >= 0.6 is 0 Å². The van der Waals surface area contributed by atoms with Gasteiger partial charge in [-0.15, -0.1) is 0 Å². The van der Waals surface area contributed by atoms with Gasteiger partial charge in [0.25, 0.3) is 5.91 Å². The van der Waals surface area contributed by atoms with Crippen LogP contribution in [0.25, 0.3) is 0 Å². The van der Waals surface area contributed by atoms with Crippen LogP contribution in [0.3, 0.4) is 0 Å². The van der Waals surface area contributed by atoms with Crippen LogP contribution in [-0.2, 0) is 4.79 Å². The van der Waals surface area contributed by atoms with Gasteiger partial charge in [-0.25, -0.2) is 0 Å². The van der Waals surface area contributed by atoms with Crippen LogP contribution in [0.5, 0.6) is 17.2 Å². The molecule has 1 aliphatic heterocycles. The van der Waals surface area contributed by atoms with Crippen LogP contribution in [0.15, 0.2) is 66.7 Å². The van der Waals surface area contributed by atoms with E-state index in [9.17, 15) is 19.8 Å². The smallest absolute Gasteiger partial charge is 0.313 e. The van der Waals surface area contributed by atoms with Gasteiger partial charge in [-0.05, 0) is 59.7 Å². The van der Waals surface area contributed by atoms with Crippen molar-refractivity contribution in [3.63, 3.8) is 0 Å². The molecule has 2 N–H and O–H groups in total. The zero-order valence-electron chi connectivity index (χ0n) is 17.0. The summed E-state index contributed by atoms with van der Waals surface area (Å²) < 4.78 is 10.5. The number of phenols is 1. The Morgan fingerprint density at radius 2 is 1.52 bits per heavy atom. The van der Waals surface area contributed by atoms with Crippen LogP contribution in [-0.4, -0.2) is 36.3 Å². The largest absolute Gasteiger partial charge is 0.508 e. The van der Waals surface area contributed by atoms with Crippen molar-refractivity contribution in [1.29, 1.82) is 0 Å². The number of fused-ring (bicyclic) bond motifs is 1. The number of rotatable bonds is 5. The number of ether oxygens (including phenoxy) is 2. The molecule has 3 aromatic rings. The molecule has 0 aromatic heterocycles. The molecule has 2 atom stereocenters. The number of hydrogen-bond acceptors (Lipinski definition) is 5. The first kappa shape index (κ1) is 20.3. The lowest BCUT2D eigenvalue weighted by Crippen LogP contribution is -2.45. The average Bonchev–Trinajstić information content (AvgIpc) is 2.79. The summed E-state index contributed by atoms with van der Waals surface area (Å²) >= 11 is 0. The van der Waals surface area contributed by atoms with E-state index in [0.29, 0.717) is 28.3 Å². The van der Waals surface area contributed by atoms with Gasteiger partial charge in [0, 0.05) is 11.3 Å². The Balaban J connectivity index is 1.96. The quantitative estimate of drug-likeness (QED) is 0.649. The van der Waals surface area contributed by atoms with Crippen molar-refractivity contribution < 1.29 is 29.3 Å². The average molecular weight is 419 g/mol. The molecule has 0 aliphatic carbocycles. The number of aromatic hydroxyl groups is 1. The summed E-state index contributed by atoms with van der Waals surface area (Å²) in [6, 6.07) is 17.1. The van der Waals surface area contributed by atoms with Crippen molar-refractivity contribution in [3.05, 3.63) is 83.4 Å². The third-order valence-electron chi connectivity index (χ3n) is 5.49. The second kappa shape index (κ2) is 8.02. The molecular formula is C24H21NO6. The molecule has 1 aliphatic rings. The zero-order chi connectivity index (χ0) is 22.1. The summed E-state index contributed by atoms with van der Waals surface area (Å²) in [6.45, 7) is 0. The highest BCUT2D eigenvalue weighted by molar-refractivity contribution is 6.11. The van der Waals surface area contributed by atoms with E-state index in [0.717, 1.165) is 0 Å². The van der Waals surface area contributed by atoms with Crippen molar-refractivity contribution in [2.45, 2.75) is 12.0 Å². The first-order valence-electron chi connectivity index (χ1n) is 9.62. The highest BCUT2D eigenvalue weighted by Gasteiger charge is 2.45. The minimum atomic E-state index is -1.05. The SMILES string of the molecule is COc1ccc(C2C(C(=O)O)c3ccc(OC)cc3C(=O)N2c2ccc(O)cc2)cc1. The van der Waals surface area contributed by atoms with Crippen molar-refractivity contribution >= 4 is 17.6 Å². The number of anilines is 1. The van der Waals surface area contributed by atoms with Crippen LogP contribution < -0.4 is 14.4 Å². The monoisotopic (exact) mass is 419 g/mol. The second-order valence-corrected chi connectivity index (χ2v) is 7.18. The van der Waals surface area contributed by atoms with E-state index in [1.54, 1.807) is 61.7 Å². The van der Waals surface area contributed by atoms with Gasteiger partial charge < -0.3 is 19.7 Å². The molecule has 158 valence electrons. The van der Waals surface area contributed by atoms with Crippen molar-refractivity contribution in [2.75, 3.05) is 19.1 Å². The molecule has 7 heteroatoms. The van der Waals surface area contributed by atoms with E-state index in [1.165, 1.54) is 24.1 Å². The number of methoxy groups -OCH3 is 2. The Morgan fingerprint density at radius 3 is 2.10 bits per heavy atom. The van der Waals surface area contributed by atoms with E-state index in [2.05, 4.69) is 0 Å². The minimum Gasteiger partial charge on any atom is -0.508 e. The summed E-state index contributed by atoms with van der Waals surface area (Å²) in [5, 5.41) is 19.9.